The molecular weight excluding hydrogens is 316 g/mol. The SMILES string of the molecule is O=C(c1csc(-c2ccccc2)n1)N(Cc1ccccc1)C1CC1. The molecule has 1 aliphatic carbocycles. The lowest BCUT2D eigenvalue weighted by Crippen LogP contribution is -2.32. The summed E-state index contributed by atoms with van der Waals surface area (Å²) in [4.78, 5) is 19.5. The maximum Gasteiger partial charge on any atom is 0.273 e. The van der Waals surface area contributed by atoms with Crippen LogP contribution in [-0.4, -0.2) is 21.8 Å². The number of hydrogen-bond acceptors (Lipinski definition) is 3. The number of benzene rings is 2. The van der Waals surface area contributed by atoms with Crippen LogP contribution in [0, 0.1) is 0 Å². The predicted molar refractivity (Wildman–Crippen MR) is 96.9 cm³/mol. The second-order valence-corrected chi connectivity index (χ2v) is 6.91. The van der Waals surface area contributed by atoms with Gasteiger partial charge in [-0.3, -0.25) is 4.79 Å². The number of amides is 1. The number of nitrogens with zero attached hydrogens (tertiary/aromatic N) is 2. The molecule has 1 aliphatic rings. The molecule has 2 aromatic carbocycles. The van der Waals surface area contributed by atoms with E-state index in [0.29, 0.717) is 18.3 Å². The van der Waals surface area contributed by atoms with Crippen LogP contribution >= 0.6 is 11.3 Å². The van der Waals surface area contributed by atoms with Crippen molar-refractivity contribution in [2.24, 2.45) is 0 Å². The van der Waals surface area contributed by atoms with Gasteiger partial charge in [-0.1, -0.05) is 60.7 Å². The maximum absolute atomic E-state index is 12.9. The molecular formula is C20H18N2OS. The van der Waals surface area contributed by atoms with Crippen molar-refractivity contribution in [2.75, 3.05) is 0 Å². The van der Waals surface area contributed by atoms with Gasteiger partial charge in [0.05, 0.1) is 0 Å². The third-order valence-electron chi connectivity index (χ3n) is 4.19. The van der Waals surface area contributed by atoms with Gasteiger partial charge in [0.2, 0.25) is 0 Å². The molecule has 1 fully saturated rings. The summed E-state index contributed by atoms with van der Waals surface area (Å²) in [5.41, 5.74) is 2.78. The Morgan fingerprint density at radius 1 is 1.04 bits per heavy atom. The lowest BCUT2D eigenvalue weighted by molar-refractivity contribution is 0.0725. The monoisotopic (exact) mass is 334 g/mol. The molecule has 0 aliphatic heterocycles. The zero-order chi connectivity index (χ0) is 16.4. The number of carbonyl (C=O) groups is 1. The molecule has 0 saturated heterocycles. The van der Waals surface area contributed by atoms with E-state index in [-0.39, 0.29) is 5.91 Å². The molecule has 0 bridgehead atoms. The highest BCUT2D eigenvalue weighted by Gasteiger charge is 2.34. The summed E-state index contributed by atoms with van der Waals surface area (Å²) in [6.07, 6.45) is 2.18. The molecule has 3 nitrogen and oxygen atoms in total. The second kappa shape index (κ2) is 6.57. The van der Waals surface area contributed by atoms with Crippen molar-refractivity contribution in [3.63, 3.8) is 0 Å². The molecule has 0 radical (unpaired) electrons. The molecule has 1 heterocycles. The summed E-state index contributed by atoms with van der Waals surface area (Å²) in [5, 5.41) is 2.78. The van der Waals surface area contributed by atoms with Gasteiger partial charge in [0, 0.05) is 23.5 Å². The molecule has 1 saturated carbocycles. The van der Waals surface area contributed by atoms with E-state index in [1.807, 2.05) is 58.8 Å². The van der Waals surface area contributed by atoms with Crippen LogP contribution in [0.2, 0.25) is 0 Å². The molecule has 0 spiro atoms. The fourth-order valence-corrected chi connectivity index (χ4v) is 3.57. The van der Waals surface area contributed by atoms with Crippen LogP contribution in [0.4, 0.5) is 0 Å². The normalized spacial score (nSPS) is 13.7. The van der Waals surface area contributed by atoms with E-state index in [2.05, 4.69) is 17.1 Å². The van der Waals surface area contributed by atoms with E-state index in [0.717, 1.165) is 29.0 Å². The summed E-state index contributed by atoms with van der Waals surface area (Å²) < 4.78 is 0. The molecule has 1 aromatic heterocycles. The van der Waals surface area contributed by atoms with Crippen LogP contribution in [0.25, 0.3) is 10.6 Å². The van der Waals surface area contributed by atoms with Crippen molar-refractivity contribution < 1.29 is 4.79 Å². The first kappa shape index (κ1) is 15.1. The maximum atomic E-state index is 12.9. The largest absolute Gasteiger partial charge is 0.330 e. The average Bonchev–Trinajstić information content (AvgIpc) is 3.36. The van der Waals surface area contributed by atoms with E-state index < -0.39 is 0 Å². The minimum atomic E-state index is 0.0415. The lowest BCUT2D eigenvalue weighted by atomic mass is 10.2. The highest BCUT2D eigenvalue weighted by Crippen LogP contribution is 2.31. The average molecular weight is 334 g/mol. The van der Waals surface area contributed by atoms with Crippen molar-refractivity contribution in [1.29, 1.82) is 0 Å². The Kier molecular flexibility index (Phi) is 4.13. The Morgan fingerprint density at radius 2 is 1.71 bits per heavy atom. The molecule has 120 valence electrons. The standard InChI is InChI=1S/C20H18N2OS/c23-20(18-14-24-19(21-18)16-9-5-2-6-10-16)22(17-11-12-17)13-15-7-3-1-4-8-15/h1-10,14,17H,11-13H2. The van der Waals surface area contributed by atoms with Gasteiger partial charge in [0.15, 0.2) is 0 Å². The number of rotatable bonds is 5. The van der Waals surface area contributed by atoms with Crippen LogP contribution < -0.4 is 0 Å². The van der Waals surface area contributed by atoms with Crippen molar-refractivity contribution in [1.82, 2.24) is 9.88 Å². The van der Waals surface area contributed by atoms with Gasteiger partial charge < -0.3 is 4.90 Å². The Balaban J connectivity index is 1.56. The van der Waals surface area contributed by atoms with Crippen LogP contribution in [0.3, 0.4) is 0 Å². The van der Waals surface area contributed by atoms with Gasteiger partial charge in [-0.05, 0) is 18.4 Å². The zero-order valence-corrected chi connectivity index (χ0v) is 14.1. The lowest BCUT2D eigenvalue weighted by Gasteiger charge is -2.21. The van der Waals surface area contributed by atoms with Gasteiger partial charge in [-0.25, -0.2) is 4.98 Å². The minimum absolute atomic E-state index is 0.0415. The summed E-state index contributed by atoms with van der Waals surface area (Å²) >= 11 is 1.53. The Bertz CT molecular complexity index is 825. The van der Waals surface area contributed by atoms with Gasteiger partial charge in [0.1, 0.15) is 10.7 Å². The summed E-state index contributed by atoms with van der Waals surface area (Å²) in [7, 11) is 0. The summed E-state index contributed by atoms with van der Waals surface area (Å²) in [5.74, 6) is 0.0415. The molecule has 3 aromatic rings. The number of hydrogen-bond donors (Lipinski definition) is 0. The first-order valence-corrected chi connectivity index (χ1v) is 9.05. The first-order chi connectivity index (χ1) is 11.8. The summed E-state index contributed by atoms with van der Waals surface area (Å²) in [6, 6.07) is 20.5. The third kappa shape index (κ3) is 3.24. The smallest absolute Gasteiger partial charge is 0.273 e. The molecule has 1 amide bonds. The van der Waals surface area contributed by atoms with E-state index in [1.165, 1.54) is 11.3 Å². The fourth-order valence-electron chi connectivity index (χ4n) is 2.77. The third-order valence-corrected chi connectivity index (χ3v) is 5.08. The van der Waals surface area contributed by atoms with Gasteiger partial charge >= 0.3 is 0 Å². The number of thiazole rings is 1. The van der Waals surface area contributed by atoms with Gasteiger partial charge in [-0.15, -0.1) is 11.3 Å². The van der Waals surface area contributed by atoms with Crippen LogP contribution in [-0.2, 0) is 6.54 Å². The van der Waals surface area contributed by atoms with Gasteiger partial charge in [-0.2, -0.15) is 0 Å². The minimum Gasteiger partial charge on any atom is -0.330 e. The van der Waals surface area contributed by atoms with Crippen LogP contribution in [0.15, 0.2) is 66.0 Å². The molecule has 0 atom stereocenters. The van der Waals surface area contributed by atoms with E-state index in [4.69, 9.17) is 0 Å². The number of aromatic nitrogens is 1. The van der Waals surface area contributed by atoms with Crippen molar-refractivity contribution in [3.05, 3.63) is 77.3 Å². The highest BCUT2D eigenvalue weighted by molar-refractivity contribution is 7.13. The molecule has 0 N–H and O–H groups in total. The van der Waals surface area contributed by atoms with Crippen molar-refractivity contribution in [2.45, 2.75) is 25.4 Å². The highest BCUT2D eigenvalue weighted by atomic mass is 32.1. The van der Waals surface area contributed by atoms with E-state index >= 15 is 0 Å². The fraction of sp³-hybridized carbons (Fsp3) is 0.200. The first-order valence-electron chi connectivity index (χ1n) is 8.17. The summed E-state index contributed by atoms with van der Waals surface area (Å²) in [6.45, 7) is 0.655. The van der Waals surface area contributed by atoms with Crippen LogP contribution in [0.1, 0.15) is 28.9 Å². The molecule has 24 heavy (non-hydrogen) atoms. The molecule has 4 rings (SSSR count). The van der Waals surface area contributed by atoms with Gasteiger partial charge in [0.25, 0.3) is 5.91 Å². The number of carbonyl (C=O) groups excluding carboxylic acids is 1. The van der Waals surface area contributed by atoms with E-state index in [1.54, 1.807) is 0 Å². The Hall–Kier alpha value is -2.46. The zero-order valence-electron chi connectivity index (χ0n) is 13.3. The Morgan fingerprint density at radius 3 is 2.38 bits per heavy atom. The van der Waals surface area contributed by atoms with Crippen molar-refractivity contribution >= 4 is 17.2 Å². The second-order valence-electron chi connectivity index (χ2n) is 6.05. The molecule has 0 unspecified atom stereocenters. The Labute approximate surface area is 145 Å². The molecule has 4 heteroatoms. The van der Waals surface area contributed by atoms with Crippen molar-refractivity contribution in [3.8, 4) is 10.6 Å². The predicted octanol–water partition coefficient (Wildman–Crippen LogP) is 4.61. The quantitative estimate of drug-likeness (QED) is 0.682. The topological polar surface area (TPSA) is 33.2 Å². The van der Waals surface area contributed by atoms with E-state index in [9.17, 15) is 4.79 Å². The van der Waals surface area contributed by atoms with Crippen LogP contribution in [0.5, 0.6) is 0 Å².